The molecule has 116 valence electrons. The average molecular weight is 284 g/mol. The molecule has 1 fully saturated rings. The number of nitrogens with one attached hydrogen (secondary N) is 1. The predicted molar refractivity (Wildman–Crippen MR) is 78.6 cm³/mol. The van der Waals surface area contributed by atoms with Gasteiger partial charge in [-0.15, -0.1) is 0 Å². The molecule has 1 aliphatic rings. The highest BCUT2D eigenvalue weighted by atomic mass is 16.4. The summed E-state index contributed by atoms with van der Waals surface area (Å²) in [5.74, 6) is -1.03. The Kier molecular flexibility index (Phi) is 5.84. The molecular formula is C15H28N2O3. The number of carbonyl (C=O) groups is 2. The first-order valence-electron chi connectivity index (χ1n) is 7.55. The lowest BCUT2D eigenvalue weighted by Gasteiger charge is -2.27. The number of hydrogen-bond acceptors (Lipinski definition) is 2. The molecule has 2 N–H and O–H groups in total. The van der Waals surface area contributed by atoms with Crippen molar-refractivity contribution < 1.29 is 14.7 Å². The predicted octanol–water partition coefficient (Wildman–Crippen LogP) is 2.71. The van der Waals surface area contributed by atoms with Gasteiger partial charge in [0.25, 0.3) is 0 Å². The van der Waals surface area contributed by atoms with Crippen molar-refractivity contribution in [2.75, 3.05) is 13.1 Å². The second kappa shape index (κ2) is 6.95. The smallest absolute Gasteiger partial charge is 0.326 e. The molecule has 0 saturated carbocycles. The highest BCUT2D eigenvalue weighted by Crippen LogP contribution is 2.29. The van der Waals surface area contributed by atoms with Gasteiger partial charge in [-0.3, -0.25) is 0 Å². The highest BCUT2D eigenvalue weighted by molar-refractivity contribution is 5.82. The molecule has 0 aromatic carbocycles. The zero-order valence-corrected chi connectivity index (χ0v) is 13.1. The fourth-order valence-corrected chi connectivity index (χ4v) is 2.53. The van der Waals surface area contributed by atoms with Gasteiger partial charge in [0.1, 0.15) is 6.04 Å². The number of carboxylic acids is 1. The lowest BCUT2D eigenvalue weighted by molar-refractivity contribution is -0.140. The number of carbonyl (C=O) groups excluding carboxylic acids is 1. The van der Waals surface area contributed by atoms with E-state index in [0.717, 1.165) is 25.7 Å². The Morgan fingerprint density at radius 2 is 1.95 bits per heavy atom. The Morgan fingerprint density at radius 1 is 1.30 bits per heavy atom. The van der Waals surface area contributed by atoms with Crippen LogP contribution >= 0.6 is 0 Å². The molecule has 1 heterocycles. The number of carboxylic acid groups (broad SMARTS) is 1. The monoisotopic (exact) mass is 284 g/mol. The zero-order valence-electron chi connectivity index (χ0n) is 13.1. The Morgan fingerprint density at radius 3 is 2.50 bits per heavy atom. The Labute approximate surface area is 121 Å². The lowest BCUT2D eigenvalue weighted by Crippen LogP contribution is -2.50. The van der Waals surface area contributed by atoms with Crippen LogP contribution in [-0.4, -0.2) is 41.1 Å². The Hall–Kier alpha value is -1.26. The van der Waals surface area contributed by atoms with E-state index in [1.807, 2.05) is 13.8 Å². The second-order valence-corrected chi connectivity index (χ2v) is 6.66. The number of urea groups is 1. The molecule has 0 bridgehead atoms. The van der Waals surface area contributed by atoms with Gasteiger partial charge in [-0.25, -0.2) is 9.59 Å². The van der Waals surface area contributed by atoms with Crippen molar-refractivity contribution in [3.63, 3.8) is 0 Å². The molecule has 2 atom stereocenters. The van der Waals surface area contributed by atoms with Gasteiger partial charge < -0.3 is 15.3 Å². The normalized spacial score (nSPS) is 21.7. The second-order valence-electron chi connectivity index (χ2n) is 6.66. The van der Waals surface area contributed by atoms with Gasteiger partial charge in [0.15, 0.2) is 0 Å². The quantitative estimate of drug-likeness (QED) is 0.834. The van der Waals surface area contributed by atoms with E-state index in [2.05, 4.69) is 19.2 Å². The van der Waals surface area contributed by atoms with E-state index in [1.165, 1.54) is 0 Å². The summed E-state index contributed by atoms with van der Waals surface area (Å²) in [7, 11) is 0. The number of amides is 2. The molecule has 1 rings (SSSR count). The van der Waals surface area contributed by atoms with Crippen LogP contribution in [0.1, 0.15) is 53.4 Å². The first-order chi connectivity index (χ1) is 9.26. The molecule has 2 amide bonds. The van der Waals surface area contributed by atoms with Gasteiger partial charge in [0.05, 0.1) is 0 Å². The van der Waals surface area contributed by atoms with Crippen LogP contribution in [-0.2, 0) is 4.79 Å². The minimum atomic E-state index is -0.956. The number of likely N-dealkylation sites (tertiary alicyclic amines) is 1. The van der Waals surface area contributed by atoms with Crippen LogP contribution in [0.25, 0.3) is 0 Å². The molecule has 0 aliphatic carbocycles. The number of aliphatic carboxylic acids is 1. The molecule has 5 heteroatoms. The van der Waals surface area contributed by atoms with Gasteiger partial charge in [-0.1, -0.05) is 34.1 Å². The van der Waals surface area contributed by atoms with E-state index in [4.69, 9.17) is 0 Å². The van der Waals surface area contributed by atoms with Crippen LogP contribution in [0.4, 0.5) is 4.79 Å². The highest BCUT2D eigenvalue weighted by Gasteiger charge is 2.29. The van der Waals surface area contributed by atoms with E-state index >= 15 is 0 Å². The summed E-state index contributed by atoms with van der Waals surface area (Å²) in [6, 6.07) is -1.04. The van der Waals surface area contributed by atoms with Crippen molar-refractivity contribution >= 4 is 12.0 Å². The summed E-state index contributed by atoms with van der Waals surface area (Å²) in [5, 5.41) is 11.9. The molecule has 0 spiro atoms. The van der Waals surface area contributed by atoms with Crippen LogP contribution < -0.4 is 5.32 Å². The lowest BCUT2D eigenvalue weighted by atomic mass is 9.85. The SMILES string of the molecule is CCC(C)[C@H](NC(=O)N1CCCC(C)(C)CC1)C(=O)O. The van der Waals surface area contributed by atoms with Crippen LogP contribution in [0.15, 0.2) is 0 Å². The summed E-state index contributed by atoms with van der Waals surface area (Å²) in [5.41, 5.74) is 0.262. The maximum Gasteiger partial charge on any atom is 0.326 e. The van der Waals surface area contributed by atoms with Gasteiger partial charge in [-0.05, 0) is 30.6 Å². The summed E-state index contributed by atoms with van der Waals surface area (Å²) in [4.78, 5) is 25.3. The van der Waals surface area contributed by atoms with Gasteiger partial charge >= 0.3 is 12.0 Å². The third kappa shape index (κ3) is 4.69. The first kappa shape index (κ1) is 16.8. The number of rotatable bonds is 4. The average Bonchev–Trinajstić information content (AvgIpc) is 2.55. The fraction of sp³-hybridized carbons (Fsp3) is 0.867. The standard InChI is InChI=1S/C15H28N2O3/c1-5-11(2)12(13(18)19)16-14(20)17-9-6-7-15(3,4)8-10-17/h11-12H,5-10H2,1-4H3,(H,16,20)(H,18,19)/t11?,12-/m0/s1. The molecule has 0 aromatic rings. The summed E-state index contributed by atoms with van der Waals surface area (Å²) in [6.07, 6.45) is 3.76. The molecule has 1 unspecified atom stereocenters. The van der Waals surface area contributed by atoms with Crippen molar-refractivity contribution in [3.05, 3.63) is 0 Å². The minimum absolute atomic E-state index is 0.0696. The molecule has 20 heavy (non-hydrogen) atoms. The molecule has 5 nitrogen and oxygen atoms in total. The number of nitrogens with zero attached hydrogens (tertiary/aromatic N) is 1. The maximum atomic E-state index is 12.2. The maximum absolute atomic E-state index is 12.2. The van der Waals surface area contributed by atoms with E-state index < -0.39 is 12.0 Å². The van der Waals surface area contributed by atoms with Gasteiger partial charge in [0, 0.05) is 13.1 Å². The largest absolute Gasteiger partial charge is 0.480 e. The van der Waals surface area contributed by atoms with E-state index in [1.54, 1.807) is 4.90 Å². The van der Waals surface area contributed by atoms with Crippen LogP contribution in [0, 0.1) is 11.3 Å². The van der Waals surface area contributed by atoms with Gasteiger partial charge in [-0.2, -0.15) is 0 Å². The van der Waals surface area contributed by atoms with Crippen molar-refractivity contribution in [1.29, 1.82) is 0 Å². The van der Waals surface area contributed by atoms with E-state index in [9.17, 15) is 14.7 Å². The molecule has 1 saturated heterocycles. The van der Waals surface area contributed by atoms with Crippen molar-refractivity contribution in [2.24, 2.45) is 11.3 Å². The fourth-order valence-electron chi connectivity index (χ4n) is 2.53. The van der Waals surface area contributed by atoms with Crippen LogP contribution in [0.3, 0.4) is 0 Å². The summed E-state index contributed by atoms with van der Waals surface area (Å²) >= 11 is 0. The van der Waals surface area contributed by atoms with E-state index in [-0.39, 0.29) is 17.4 Å². The van der Waals surface area contributed by atoms with E-state index in [0.29, 0.717) is 13.1 Å². The van der Waals surface area contributed by atoms with Crippen molar-refractivity contribution in [3.8, 4) is 0 Å². The molecule has 0 radical (unpaired) electrons. The van der Waals surface area contributed by atoms with Crippen LogP contribution in [0.5, 0.6) is 0 Å². The summed E-state index contributed by atoms with van der Waals surface area (Å²) < 4.78 is 0. The third-order valence-electron chi connectivity index (χ3n) is 4.39. The Bertz CT molecular complexity index is 355. The van der Waals surface area contributed by atoms with Crippen LogP contribution in [0.2, 0.25) is 0 Å². The van der Waals surface area contributed by atoms with Crippen molar-refractivity contribution in [1.82, 2.24) is 10.2 Å². The topological polar surface area (TPSA) is 69.6 Å². The molecule has 1 aliphatic heterocycles. The minimum Gasteiger partial charge on any atom is -0.480 e. The molecule has 0 aromatic heterocycles. The van der Waals surface area contributed by atoms with Gasteiger partial charge in [0.2, 0.25) is 0 Å². The van der Waals surface area contributed by atoms with Crippen molar-refractivity contribution in [2.45, 2.75) is 59.4 Å². The summed E-state index contributed by atoms with van der Waals surface area (Å²) in [6.45, 7) is 9.63. The number of hydrogen-bond donors (Lipinski definition) is 2. The Balaban J connectivity index is 2.62. The first-order valence-corrected chi connectivity index (χ1v) is 7.55. The third-order valence-corrected chi connectivity index (χ3v) is 4.39. The molecular weight excluding hydrogens is 256 g/mol. The zero-order chi connectivity index (χ0) is 15.3.